The summed E-state index contributed by atoms with van der Waals surface area (Å²) >= 11 is 1.53. The van der Waals surface area contributed by atoms with E-state index >= 15 is 0 Å². The minimum atomic E-state index is -2.84. The fourth-order valence-corrected chi connectivity index (χ4v) is 3.89. The predicted molar refractivity (Wildman–Crippen MR) is 114 cm³/mol. The lowest BCUT2D eigenvalue weighted by Gasteiger charge is -2.10. The molecule has 0 saturated heterocycles. The van der Waals surface area contributed by atoms with Crippen molar-refractivity contribution in [2.75, 3.05) is 20.3 Å². The van der Waals surface area contributed by atoms with Crippen molar-refractivity contribution in [3.8, 4) is 22.8 Å². The van der Waals surface area contributed by atoms with Gasteiger partial charge in [-0.05, 0) is 67.4 Å². The molecule has 0 amide bonds. The van der Waals surface area contributed by atoms with E-state index in [0.29, 0.717) is 13.2 Å². The van der Waals surface area contributed by atoms with Gasteiger partial charge in [0.15, 0.2) is 4.80 Å². The molecule has 1 aromatic heterocycles. The minimum absolute atomic E-state index is 0.134. The Bertz CT molecular complexity index is 983. The summed E-state index contributed by atoms with van der Waals surface area (Å²) in [5, 5.41) is 2.02. The second-order valence-corrected chi connectivity index (χ2v) is 7.18. The average molecular weight is 435 g/mol. The highest BCUT2D eigenvalue weighted by molar-refractivity contribution is 7.07. The molecule has 0 aliphatic heterocycles. The lowest BCUT2D eigenvalue weighted by Crippen LogP contribution is -2.17. The van der Waals surface area contributed by atoms with Crippen LogP contribution in [0, 0.1) is 0 Å². The number of nitrogens with zero attached hydrogens (tertiary/aromatic N) is 2. The highest BCUT2D eigenvalue weighted by atomic mass is 32.1. The van der Waals surface area contributed by atoms with Crippen molar-refractivity contribution >= 4 is 17.0 Å². The van der Waals surface area contributed by atoms with Crippen LogP contribution in [0.5, 0.6) is 11.5 Å². The van der Waals surface area contributed by atoms with Crippen LogP contribution in [-0.4, -0.2) is 31.5 Å². The van der Waals surface area contributed by atoms with Crippen molar-refractivity contribution in [2.24, 2.45) is 4.99 Å². The number of alkyl halides is 2. The smallest absolute Gasteiger partial charge is 0.387 e. The first-order chi connectivity index (χ1) is 14.6. The molecular weight excluding hydrogens is 410 g/mol. The van der Waals surface area contributed by atoms with E-state index in [2.05, 4.69) is 9.30 Å². The highest BCUT2D eigenvalue weighted by Gasteiger charge is 2.10. The number of methoxy groups -OCH3 is 1. The fraction of sp³-hybridized carbons (Fsp3) is 0.318. The van der Waals surface area contributed by atoms with E-state index in [1.165, 1.54) is 11.3 Å². The van der Waals surface area contributed by atoms with Crippen LogP contribution in [0.4, 0.5) is 14.5 Å². The van der Waals surface area contributed by atoms with Gasteiger partial charge in [-0.2, -0.15) is 8.78 Å². The van der Waals surface area contributed by atoms with Crippen LogP contribution in [0.15, 0.2) is 58.9 Å². The summed E-state index contributed by atoms with van der Waals surface area (Å²) in [6.45, 7) is 1.07. The van der Waals surface area contributed by atoms with Crippen molar-refractivity contribution in [1.29, 1.82) is 0 Å². The van der Waals surface area contributed by atoms with E-state index < -0.39 is 6.61 Å². The van der Waals surface area contributed by atoms with Crippen molar-refractivity contribution < 1.29 is 23.0 Å². The van der Waals surface area contributed by atoms with Gasteiger partial charge in [0, 0.05) is 25.6 Å². The third kappa shape index (κ3) is 5.90. The molecular formula is C22H24F2N2O3S. The van der Waals surface area contributed by atoms with Crippen molar-refractivity contribution in [2.45, 2.75) is 26.5 Å². The third-order valence-electron chi connectivity index (χ3n) is 4.28. The summed E-state index contributed by atoms with van der Waals surface area (Å²) in [6.07, 6.45) is 0.823. The molecule has 0 radical (unpaired) electrons. The molecule has 0 atom stereocenters. The Morgan fingerprint density at radius 1 is 1.03 bits per heavy atom. The molecule has 0 N–H and O–H groups in total. The predicted octanol–water partition coefficient (Wildman–Crippen LogP) is 5.49. The molecule has 2 aromatic carbocycles. The van der Waals surface area contributed by atoms with Crippen LogP contribution in [0.2, 0.25) is 0 Å². The number of hydrogen-bond acceptors (Lipinski definition) is 5. The molecule has 160 valence electrons. The number of ether oxygens (including phenoxy) is 3. The van der Waals surface area contributed by atoms with Crippen molar-refractivity contribution in [3.05, 3.63) is 58.7 Å². The summed E-state index contributed by atoms with van der Waals surface area (Å²) < 4.78 is 42.0. The van der Waals surface area contributed by atoms with Crippen molar-refractivity contribution in [1.82, 2.24) is 4.57 Å². The van der Waals surface area contributed by atoms with E-state index in [-0.39, 0.29) is 5.75 Å². The standard InChI is InChI=1S/C22H24F2N2O3S/c1-3-28-18-11-7-17(8-12-18)25-22-26(13-4-14-27-2)20(15-30-22)16-5-9-19(10-6-16)29-21(23)24/h5-12,15,21H,3-4,13-14H2,1-2H3. The summed E-state index contributed by atoms with van der Waals surface area (Å²) in [4.78, 5) is 5.63. The molecule has 1 heterocycles. The minimum Gasteiger partial charge on any atom is -0.494 e. The van der Waals surface area contributed by atoms with Crippen LogP contribution >= 0.6 is 11.3 Å². The van der Waals surface area contributed by atoms with Gasteiger partial charge in [-0.1, -0.05) is 0 Å². The number of aromatic nitrogens is 1. The Morgan fingerprint density at radius 3 is 2.37 bits per heavy atom. The van der Waals surface area contributed by atoms with Gasteiger partial charge in [0.05, 0.1) is 18.0 Å². The van der Waals surface area contributed by atoms with Gasteiger partial charge in [0.2, 0.25) is 0 Å². The summed E-state index contributed by atoms with van der Waals surface area (Å²) in [7, 11) is 1.67. The molecule has 30 heavy (non-hydrogen) atoms. The topological polar surface area (TPSA) is 45.0 Å². The van der Waals surface area contributed by atoms with Crippen LogP contribution in [-0.2, 0) is 11.3 Å². The molecule has 3 aromatic rings. The Morgan fingerprint density at radius 2 is 1.73 bits per heavy atom. The maximum Gasteiger partial charge on any atom is 0.387 e. The maximum absolute atomic E-state index is 12.4. The first kappa shape index (κ1) is 22.0. The Hall–Kier alpha value is -2.71. The van der Waals surface area contributed by atoms with Crippen LogP contribution in [0.1, 0.15) is 13.3 Å². The van der Waals surface area contributed by atoms with Gasteiger partial charge in [-0.15, -0.1) is 11.3 Å². The molecule has 5 nitrogen and oxygen atoms in total. The van der Waals surface area contributed by atoms with Crippen LogP contribution in [0.3, 0.4) is 0 Å². The molecule has 0 fully saturated rings. The van der Waals surface area contributed by atoms with Gasteiger partial charge < -0.3 is 18.8 Å². The number of hydrogen-bond donors (Lipinski definition) is 0. The van der Waals surface area contributed by atoms with Gasteiger partial charge in [-0.25, -0.2) is 4.99 Å². The molecule has 0 saturated carbocycles. The van der Waals surface area contributed by atoms with Crippen LogP contribution in [0.25, 0.3) is 11.3 Å². The average Bonchev–Trinajstić information content (AvgIpc) is 3.12. The molecule has 0 aliphatic rings. The number of rotatable bonds is 10. The number of thiazole rings is 1. The molecule has 0 bridgehead atoms. The fourth-order valence-electron chi connectivity index (χ4n) is 2.93. The first-order valence-electron chi connectivity index (χ1n) is 9.60. The van der Waals surface area contributed by atoms with Crippen LogP contribution < -0.4 is 14.3 Å². The number of halogens is 2. The Balaban J connectivity index is 1.93. The van der Waals surface area contributed by atoms with Crippen molar-refractivity contribution in [3.63, 3.8) is 0 Å². The largest absolute Gasteiger partial charge is 0.494 e. The lowest BCUT2D eigenvalue weighted by molar-refractivity contribution is -0.0498. The molecule has 8 heteroatoms. The van der Waals surface area contributed by atoms with E-state index in [9.17, 15) is 8.78 Å². The zero-order valence-electron chi connectivity index (χ0n) is 16.9. The van der Waals surface area contributed by atoms with Gasteiger partial charge in [0.25, 0.3) is 0 Å². The van der Waals surface area contributed by atoms with Gasteiger partial charge >= 0.3 is 6.61 Å². The maximum atomic E-state index is 12.4. The molecule has 0 aliphatic carbocycles. The SMILES string of the molecule is CCOc1ccc(N=c2scc(-c3ccc(OC(F)F)cc3)n2CCCOC)cc1. The summed E-state index contributed by atoms with van der Waals surface area (Å²) in [5.41, 5.74) is 2.69. The van der Waals surface area contributed by atoms with Gasteiger partial charge in [-0.3, -0.25) is 0 Å². The summed E-state index contributed by atoms with van der Waals surface area (Å²) in [6, 6.07) is 14.3. The second kappa shape index (κ2) is 10.9. The Kier molecular flexibility index (Phi) is 7.98. The van der Waals surface area contributed by atoms with E-state index in [4.69, 9.17) is 14.5 Å². The first-order valence-corrected chi connectivity index (χ1v) is 10.5. The molecule has 3 rings (SSSR count). The molecule has 0 unspecified atom stereocenters. The Labute approximate surface area is 178 Å². The normalized spacial score (nSPS) is 11.8. The third-order valence-corrected chi connectivity index (χ3v) is 5.14. The monoisotopic (exact) mass is 434 g/mol. The molecule has 0 spiro atoms. The van der Waals surface area contributed by atoms with Gasteiger partial charge in [0.1, 0.15) is 11.5 Å². The quantitative estimate of drug-likeness (QED) is 0.397. The zero-order valence-corrected chi connectivity index (χ0v) is 17.7. The number of benzene rings is 2. The van der Waals surface area contributed by atoms with E-state index in [0.717, 1.165) is 40.5 Å². The zero-order chi connectivity index (χ0) is 21.3. The van der Waals surface area contributed by atoms with E-state index in [1.54, 1.807) is 31.4 Å². The summed E-state index contributed by atoms with van der Waals surface area (Å²) in [5.74, 6) is 0.941. The lowest BCUT2D eigenvalue weighted by atomic mass is 10.1. The second-order valence-electron chi connectivity index (χ2n) is 6.34. The highest BCUT2D eigenvalue weighted by Crippen LogP contribution is 2.25. The van der Waals surface area contributed by atoms with E-state index in [1.807, 2.05) is 36.6 Å².